The number of nitrogens with zero attached hydrogens (tertiary/aromatic N) is 1. The van der Waals surface area contributed by atoms with E-state index in [0.29, 0.717) is 5.56 Å². The largest absolute Gasteiger partial charge is 0.481 e. The highest BCUT2D eigenvalue weighted by atomic mass is 32.2. The van der Waals surface area contributed by atoms with E-state index in [9.17, 15) is 18.8 Å². The summed E-state index contributed by atoms with van der Waals surface area (Å²) in [6.07, 6.45) is 1.64. The summed E-state index contributed by atoms with van der Waals surface area (Å²) < 4.78 is 12.8. The monoisotopic (exact) mass is 309 g/mol. The fourth-order valence-corrected chi connectivity index (χ4v) is 2.66. The lowest BCUT2D eigenvalue weighted by Crippen LogP contribution is -2.29. The van der Waals surface area contributed by atoms with E-state index in [4.69, 9.17) is 5.11 Å². The van der Waals surface area contributed by atoms with Crippen LogP contribution in [0.15, 0.2) is 29.2 Å². The van der Waals surface area contributed by atoms with Crippen molar-refractivity contribution in [1.82, 2.24) is 4.90 Å². The summed E-state index contributed by atoms with van der Waals surface area (Å²) in [6, 6.07) is 5.55. The van der Waals surface area contributed by atoms with E-state index < -0.39 is 17.1 Å². The van der Waals surface area contributed by atoms with E-state index in [1.54, 1.807) is 0 Å². The van der Waals surface area contributed by atoms with Gasteiger partial charge >= 0.3 is 5.97 Å². The third-order valence-electron chi connectivity index (χ3n) is 2.81. The number of imide groups is 1. The van der Waals surface area contributed by atoms with Gasteiger partial charge in [0.2, 0.25) is 0 Å². The van der Waals surface area contributed by atoms with Gasteiger partial charge < -0.3 is 5.11 Å². The number of halogens is 1. The van der Waals surface area contributed by atoms with Crippen LogP contribution in [0.4, 0.5) is 9.18 Å². The molecule has 7 heteroatoms. The van der Waals surface area contributed by atoms with Gasteiger partial charge in [0.15, 0.2) is 0 Å². The predicted molar refractivity (Wildman–Crippen MR) is 75.9 cm³/mol. The molecule has 1 aromatic rings. The summed E-state index contributed by atoms with van der Waals surface area (Å²) in [5.41, 5.74) is 0.618. The minimum absolute atomic E-state index is 0.0811. The molecule has 0 aliphatic carbocycles. The number of benzene rings is 1. The van der Waals surface area contributed by atoms with Crippen LogP contribution in [0, 0.1) is 5.82 Å². The van der Waals surface area contributed by atoms with Gasteiger partial charge in [0.1, 0.15) is 5.82 Å². The third-order valence-corrected chi connectivity index (χ3v) is 3.72. The summed E-state index contributed by atoms with van der Waals surface area (Å²) >= 11 is 0.797. The highest BCUT2D eigenvalue weighted by Crippen LogP contribution is 2.32. The molecule has 2 amide bonds. The Morgan fingerprint density at radius 1 is 1.29 bits per heavy atom. The molecule has 1 saturated heterocycles. The normalized spacial score (nSPS) is 16.8. The molecule has 1 aromatic carbocycles. The Morgan fingerprint density at radius 3 is 2.57 bits per heavy atom. The molecule has 0 unspecified atom stereocenters. The highest BCUT2D eigenvalue weighted by Gasteiger charge is 2.34. The fourth-order valence-electron chi connectivity index (χ4n) is 1.79. The lowest BCUT2D eigenvalue weighted by atomic mass is 10.2. The summed E-state index contributed by atoms with van der Waals surface area (Å²) in [5.74, 6) is -1.79. The summed E-state index contributed by atoms with van der Waals surface area (Å²) in [4.78, 5) is 35.5. The van der Waals surface area contributed by atoms with Crippen LogP contribution < -0.4 is 0 Å². The number of hydrogen-bond acceptors (Lipinski definition) is 4. The average Bonchev–Trinajstić information content (AvgIpc) is 2.68. The first kappa shape index (κ1) is 15.2. The number of carboxylic acids is 1. The number of thioether (sulfide) groups is 1. The zero-order chi connectivity index (χ0) is 15.4. The molecule has 5 nitrogen and oxygen atoms in total. The van der Waals surface area contributed by atoms with E-state index in [1.807, 2.05) is 0 Å². The SMILES string of the molecule is O=C(O)CCCN1C(=O)S/C(=C/c2ccc(F)cc2)C1=O. The van der Waals surface area contributed by atoms with E-state index in [1.165, 1.54) is 30.3 Å². The fraction of sp³-hybridized carbons (Fsp3) is 0.214. The molecule has 0 radical (unpaired) electrons. The van der Waals surface area contributed by atoms with Gasteiger partial charge in [-0.05, 0) is 42.0 Å². The van der Waals surface area contributed by atoms with Crippen molar-refractivity contribution in [3.63, 3.8) is 0 Å². The second-order valence-corrected chi connectivity index (χ2v) is 5.38. The van der Waals surface area contributed by atoms with Crippen molar-refractivity contribution in [2.45, 2.75) is 12.8 Å². The highest BCUT2D eigenvalue weighted by molar-refractivity contribution is 8.18. The summed E-state index contributed by atoms with van der Waals surface area (Å²) in [6.45, 7) is 0.0811. The van der Waals surface area contributed by atoms with E-state index in [0.717, 1.165) is 16.7 Å². The minimum atomic E-state index is -0.969. The number of carbonyl (C=O) groups is 3. The predicted octanol–water partition coefficient (Wildman–Crippen LogP) is 2.73. The van der Waals surface area contributed by atoms with Crippen molar-refractivity contribution < 1.29 is 23.9 Å². The Bertz CT molecular complexity index is 612. The molecule has 2 rings (SSSR count). The first-order valence-corrected chi connectivity index (χ1v) is 7.02. The molecule has 0 aromatic heterocycles. The van der Waals surface area contributed by atoms with Gasteiger partial charge in [-0.2, -0.15) is 0 Å². The number of aliphatic carboxylic acids is 1. The van der Waals surface area contributed by atoms with Crippen molar-refractivity contribution in [3.8, 4) is 0 Å². The maximum absolute atomic E-state index is 12.8. The number of amides is 2. The zero-order valence-electron chi connectivity index (χ0n) is 10.9. The van der Waals surface area contributed by atoms with Gasteiger partial charge in [-0.3, -0.25) is 19.3 Å². The molecule has 1 aliphatic rings. The molecule has 21 heavy (non-hydrogen) atoms. The molecule has 1 heterocycles. The van der Waals surface area contributed by atoms with Gasteiger partial charge in [0.05, 0.1) is 4.91 Å². The molecule has 0 bridgehead atoms. The molecule has 110 valence electrons. The van der Waals surface area contributed by atoms with Gasteiger partial charge in [-0.1, -0.05) is 12.1 Å². The van der Waals surface area contributed by atoms with Gasteiger partial charge in [0.25, 0.3) is 11.1 Å². The molecule has 1 aliphatic heterocycles. The molecule has 0 spiro atoms. The Balaban J connectivity index is 2.06. The van der Waals surface area contributed by atoms with Crippen LogP contribution in [-0.2, 0) is 9.59 Å². The van der Waals surface area contributed by atoms with Crippen LogP contribution in [0.1, 0.15) is 18.4 Å². The second-order valence-electron chi connectivity index (χ2n) is 4.38. The second kappa shape index (κ2) is 6.53. The smallest absolute Gasteiger partial charge is 0.303 e. The van der Waals surface area contributed by atoms with Gasteiger partial charge in [-0.15, -0.1) is 0 Å². The topological polar surface area (TPSA) is 74.7 Å². The quantitative estimate of drug-likeness (QED) is 0.846. The number of rotatable bonds is 5. The molecule has 1 N–H and O–H groups in total. The Morgan fingerprint density at radius 2 is 1.95 bits per heavy atom. The minimum Gasteiger partial charge on any atom is -0.481 e. The molecular weight excluding hydrogens is 297 g/mol. The van der Waals surface area contributed by atoms with E-state index in [-0.39, 0.29) is 30.1 Å². The Hall–Kier alpha value is -2.15. The average molecular weight is 309 g/mol. The van der Waals surface area contributed by atoms with Crippen molar-refractivity contribution in [3.05, 3.63) is 40.6 Å². The lowest BCUT2D eigenvalue weighted by molar-refractivity contribution is -0.137. The van der Waals surface area contributed by atoms with Crippen LogP contribution in [0.25, 0.3) is 6.08 Å². The van der Waals surface area contributed by atoms with Crippen LogP contribution in [0.5, 0.6) is 0 Å². The molecule has 0 saturated carbocycles. The van der Waals surface area contributed by atoms with Crippen LogP contribution in [-0.4, -0.2) is 33.7 Å². The van der Waals surface area contributed by atoms with Crippen LogP contribution in [0.2, 0.25) is 0 Å². The number of carboxylic acid groups (broad SMARTS) is 1. The van der Waals surface area contributed by atoms with E-state index in [2.05, 4.69) is 0 Å². The lowest BCUT2D eigenvalue weighted by Gasteiger charge is -2.10. The Labute approximate surface area is 124 Å². The van der Waals surface area contributed by atoms with Gasteiger partial charge in [0, 0.05) is 13.0 Å². The summed E-state index contributed by atoms with van der Waals surface area (Å²) in [5, 5.41) is 8.14. The first-order chi connectivity index (χ1) is 9.97. The zero-order valence-corrected chi connectivity index (χ0v) is 11.7. The molecule has 1 fully saturated rings. The molecule has 0 atom stereocenters. The maximum atomic E-state index is 12.8. The van der Waals surface area contributed by atoms with Crippen molar-refractivity contribution >= 4 is 35.0 Å². The van der Waals surface area contributed by atoms with Crippen LogP contribution >= 0.6 is 11.8 Å². The van der Waals surface area contributed by atoms with Crippen LogP contribution in [0.3, 0.4) is 0 Å². The first-order valence-electron chi connectivity index (χ1n) is 6.20. The standard InChI is InChI=1S/C14H12FNO4S/c15-10-5-3-9(4-6-10)8-11-13(19)16(14(20)21-11)7-1-2-12(17)18/h3-6,8H,1-2,7H2,(H,17,18)/b11-8+. The van der Waals surface area contributed by atoms with Gasteiger partial charge in [-0.25, -0.2) is 4.39 Å². The maximum Gasteiger partial charge on any atom is 0.303 e. The number of hydrogen-bond donors (Lipinski definition) is 1. The van der Waals surface area contributed by atoms with Crippen molar-refractivity contribution in [2.75, 3.05) is 6.54 Å². The van der Waals surface area contributed by atoms with E-state index >= 15 is 0 Å². The van der Waals surface area contributed by atoms with Crippen molar-refractivity contribution in [1.29, 1.82) is 0 Å². The number of carbonyl (C=O) groups excluding carboxylic acids is 2. The van der Waals surface area contributed by atoms with Crippen molar-refractivity contribution in [2.24, 2.45) is 0 Å². The Kier molecular flexibility index (Phi) is 4.74. The summed E-state index contributed by atoms with van der Waals surface area (Å²) in [7, 11) is 0. The third kappa shape index (κ3) is 3.91. The molecular formula is C14H12FNO4S.